The van der Waals surface area contributed by atoms with Crippen molar-refractivity contribution in [2.45, 2.75) is 13.8 Å². The third kappa shape index (κ3) is 1.91. The van der Waals surface area contributed by atoms with Gasteiger partial charge in [-0.3, -0.25) is 14.9 Å². The molecule has 4 aromatic rings. The van der Waals surface area contributed by atoms with Crippen molar-refractivity contribution in [3.63, 3.8) is 0 Å². The van der Waals surface area contributed by atoms with E-state index < -0.39 is 11.4 Å². The molecule has 0 radical (unpaired) electrons. The first kappa shape index (κ1) is 14.4. The van der Waals surface area contributed by atoms with Gasteiger partial charge in [0.25, 0.3) is 5.56 Å². The van der Waals surface area contributed by atoms with Crippen LogP contribution in [0.15, 0.2) is 29.2 Å². The number of fused-ring (bicyclic) bond motifs is 2. The van der Waals surface area contributed by atoms with E-state index in [0.29, 0.717) is 27.5 Å². The number of hydrogen-bond donors (Lipinski definition) is 3. The molecular weight excluding hydrogens is 309 g/mol. The predicted molar refractivity (Wildman–Crippen MR) is 91.3 cm³/mol. The molecule has 120 valence electrons. The minimum Gasteiger partial charge on any atom is -0.394 e. The standard InChI is InChI=1S/C17H14FN5O/c1-7-5-12-16(21-8(7)2)13(14(19)17(24)22-12)9-3-4-11(18)15-10(9)6-20-23-15/h3-6H,19H2,1-2H3,(H,20,23)(H,22,24). The number of nitrogens with two attached hydrogens (primary N) is 1. The molecule has 0 aliphatic rings. The number of aromatic amines is 2. The van der Waals surface area contributed by atoms with Gasteiger partial charge in [-0.1, -0.05) is 6.07 Å². The number of aryl methyl sites for hydroxylation is 2. The van der Waals surface area contributed by atoms with Gasteiger partial charge >= 0.3 is 0 Å². The normalized spacial score (nSPS) is 11.5. The molecule has 4 N–H and O–H groups in total. The zero-order valence-electron chi connectivity index (χ0n) is 13.1. The van der Waals surface area contributed by atoms with Gasteiger partial charge in [0.2, 0.25) is 0 Å². The van der Waals surface area contributed by atoms with E-state index in [-0.39, 0.29) is 11.2 Å². The van der Waals surface area contributed by atoms with E-state index in [0.717, 1.165) is 11.3 Å². The summed E-state index contributed by atoms with van der Waals surface area (Å²) in [6.45, 7) is 3.81. The van der Waals surface area contributed by atoms with Crippen molar-refractivity contribution >= 4 is 27.6 Å². The molecule has 0 spiro atoms. The highest BCUT2D eigenvalue weighted by atomic mass is 19.1. The fraction of sp³-hybridized carbons (Fsp3) is 0.118. The molecule has 0 saturated heterocycles. The van der Waals surface area contributed by atoms with Crippen LogP contribution < -0.4 is 11.3 Å². The monoisotopic (exact) mass is 323 g/mol. The van der Waals surface area contributed by atoms with E-state index in [1.165, 1.54) is 12.3 Å². The third-order valence-corrected chi connectivity index (χ3v) is 4.30. The molecule has 0 amide bonds. The Hall–Kier alpha value is -3.22. The van der Waals surface area contributed by atoms with Crippen molar-refractivity contribution in [1.29, 1.82) is 0 Å². The van der Waals surface area contributed by atoms with Crippen LogP contribution in [0.1, 0.15) is 11.3 Å². The average Bonchev–Trinajstić information content (AvgIpc) is 3.03. The van der Waals surface area contributed by atoms with Gasteiger partial charge < -0.3 is 10.7 Å². The van der Waals surface area contributed by atoms with Gasteiger partial charge in [-0.25, -0.2) is 4.39 Å². The molecule has 0 unspecified atom stereocenters. The summed E-state index contributed by atoms with van der Waals surface area (Å²) >= 11 is 0. The minimum atomic E-state index is -0.418. The van der Waals surface area contributed by atoms with Crippen molar-refractivity contribution in [1.82, 2.24) is 20.2 Å². The van der Waals surface area contributed by atoms with E-state index in [1.807, 2.05) is 19.9 Å². The number of H-pyrrole nitrogens is 2. The summed E-state index contributed by atoms with van der Waals surface area (Å²) < 4.78 is 13.9. The van der Waals surface area contributed by atoms with Crippen molar-refractivity contribution in [2.75, 3.05) is 5.73 Å². The van der Waals surface area contributed by atoms with Gasteiger partial charge in [-0.2, -0.15) is 5.10 Å². The molecule has 0 atom stereocenters. The number of hydrogen-bond acceptors (Lipinski definition) is 4. The quantitative estimate of drug-likeness (QED) is 0.501. The topological polar surface area (TPSA) is 100 Å². The second-order valence-electron chi connectivity index (χ2n) is 5.78. The van der Waals surface area contributed by atoms with Crippen LogP contribution in [-0.4, -0.2) is 20.2 Å². The van der Waals surface area contributed by atoms with Crippen LogP contribution >= 0.6 is 0 Å². The van der Waals surface area contributed by atoms with Crippen molar-refractivity contribution in [3.05, 3.63) is 51.8 Å². The Morgan fingerprint density at radius 3 is 2.83 bits per heavy atom. The zero-order chi connectivity index (χ0) is 17.0. The molecule has 6 nitrogen and oxygen atoms in total. The third-order valence-electron chi connectivity index (χ3n) is 4.30. The van der Waals surface area contributed by atoms with Crippen molar-refractivity contribution in [3.8, 4) is 11.1 Å². The Kier molecular flexibility index (Phi) is 2.93. The maximum Gasteiger partial charge on any atom is 0.272 e. The highest BCUT2D eigenvalue weighted by Crippen LogP contribution is 2.35. The van der Waals surface area contributed by atoms with Gasteiger partial charge in [0.05, 0.1) is 17.2 Å². The lowest BCUT2D eigenvalue weighted by atomic mass is 9.98. The SMILES string of the molecule is Cc1cc2[nH]c(=O)c(N)c(-c3ccc(F)c4[nH]ncc34)c2nc1C. The second-order valence-corrected chi connectivity index (χ2v) is 5.78. The van der Waals surface area contributed by atoms with Crippen LogP contribution in [-0.2, 0) is 0 Å². The number of rotatable bonds is 1. The van der Waals surface area contributed by atoms with Gasteiger partial charge in [0.15, 0.2) is 0 Å². The van der Waals surface area contributed by atoms with Crippen molar-refractivity contribution < 1.29 is 4.39 Å². The molecule has 0 saturated carbocycles. The lowest BCUT2D eigenvalue weighted by molar-refractivity contribution is 0.636. The molecular formula is C17H14FN5O. The molecule has 1 aromatic carbocycles. The Morgan fingerprint density at radius 1 is 1.25 bits per heavy atom. The molecule has 0 fully saturated rings. The van der Waals surface area contributed by atoms with Gasteiger partial charge in [0.1, 0.15) is 17.0 Å². The van der Waals surface area contributed by atoms with Crippen LogP contribution in [0.5, 0.6) is 0 Å². The van der Waals surface area contributed by atoms with E-state index in [4.69, 9.17) is 5.73 Å². The summed E-state index contributed by atoms with van der Waals surface area (Å²) in [7, 11) is 0. The summed E-state index contributed by atoms with van der Waals surface area (Å²) in [6, 6.07) is 4.77. The number of nitrogens with zero attached hydrogens (tertiary/aromatic N) is 2. The van der Waals surface area contributed by atoms with E-state index >= 15 is 0 Å². The molecule has 0 aliphatic carbocycles. The zero-order valence-corrected chi connectivity index (χ0v) is 13.1. The fourth-order valence-electron chi connectivity index (χ4n) is 2.91. The first-order valence-electron chi connectivity index (χ1n) is 7.39. The van der Waals surface area contributed by atoms with Gasteiger partial charge in [0, 0.05) is 16.6 Å². The molecule has 7 heteroatoms. The molecule has 4 rings (SSSR count). The largest absolute Gasteiger partial charge is 0.394 e. The second kappa shape index (κ2) is 4.89. The fourth-order valence-corrected chi connectivity index (χ4v) is 2.91. The maximum atomic E-state index is 13.9. The molecule has 3 heterocycles. The van der Waals surface area contributed by atoms with Gasteiger partial charge in [-0.15, -0.1) is 0 Å². The summed E-state index contributed by atoms with van der Waals surface area (Å²) in [4.78, 5) is 19.6. The maximum absolute atomic E-state index is 13.9. The number of pyridine rings is 2. The van der Waals surface area contributed by atoms with Crippen LogP contribution in [0.25, 0.3) is 33.1 Å². The molecule has 0 aliphatic heterocycles. The number of benzene rings is 1. The molecule has 24 heavy (non-hydrogen) atoms. The number of nitrogens with one attached hydrogen (secondary N) is 2. The first-order chi connectivity index (χ1) is 11.5. The van der Waals surface area contributed by atoms with Gasteiger partial charge in [-0.05, 0) is 37.1 Å². The number of halogens is 1. The van der Waals surface area contributed by atoms with Crippen LogP contribution in [0.2, 0.25) is 0 Å². The van der Waals surface area contributed by atoms with Crippen LogP contribution in [0, 0.1) is 19.7 Å². The highest BCUT2D eigenvalue weighted by Gasteiger charge is 2.18. The smallest absolute Gasteiger partial charge is 0.272 e. The number of nitrogen functional groups attached to an aromatic ring is 1. The minimum absolute atomic E-state index is 0.0485. The van der Waals surface area contributed by atoms with E-state index in [9.17, 15) is 9.18 Å². The lowest BCUT2D eigenvalue weighted by Gasteiger charge is -2.12. The first-order valence-corrected chi connectivity index (χ1v) is 7.39. The summed E-state index contributed by atoms with van der Waals surface area (Å²) in [5.74, 6) is -0.418. The summed E-state index contributed by atoms with van der Waals surface area (Å²) in [5.41, 5.74) is 10.0. The summed E-state index contributed by atoms with van der Waals surface area (Å²) in [6.07, 6.45) is 1.52. The van der Waals surface area contributed by atoms with E-state index in [2.05, 4.69) is 20.2 Å². The number of anilines is 1. The predicted octanol–water partition coefficient (Wildman–Crippen LogP) is 2.80. The summed E-state index contributed by atoms with van der Waals surface area (Å²) in [5, 5.41) is 7.08. The lowest BCUT2D eigenvalue weighted by Crippen LogP contribution is -2.14. The molecule has 0 bridgehead atoms. The Labute approximate surface area is 135 Å². The van der Waals surface area contributed by atoms with Crippen molar-refractivity contribution in [2.24, 2.45) is 0 Å². The molecule has 3 aromatic heterocycles. The Bertz CT molecular complexity index is 1180. The Balaban J connectivity index is 2.21. The Morgan fingerprint density at radius 2 is 2.04 bits per heavy atom. The number of aromatic nitrogens is 4. The van der Waals surface area contributed by atoms with E-state index in [1.54, 1.807) is 6.07 Å². The van der Waals surface area contributed by atoms with Crippen LogP contribution in [0.4, 0.5) is 10.1 Å². The highest BCUT2D eigenvalue weighted by molar-refractivity contribution is 6.06. The average molecular weight is 323 g/mol. The van der Waals surface area contributed by atoms with Crippen LogP contribution in [0.3, 0.4) is 0 Å².